The molecule has 0 spiro atoms. The topological polar surface area (TPSA) is 108 Å². The molecule has 8 nitrogen and oxygen atoms in total. The predicted octanol–water partition coefficient (Wildman–Crippen LogP) is -0.604. The van der Waals surface area contributed by atoms with Crippen LogP contribution >= 0.6 is 0 Å². The number of ether oxygens (including phenoxy) is 1. The van der Waals surface area contributed by atoms with Crippen LogP contribution in [0.1, 0.15) is 19.3 Å². The first-order chi connectivity index (χ1) is 10.0. The second-order valence-electron chi connectivity index (χ2n) is 5.36. The Hall–Kier alpha value is -1.83. The predicted molar refractivity (Wildman–Crippen MR) is 72.7 cm³/mol. The first kappa shape index (κ1) is 15.6. The van der Waals surface area contributed by atoms with Gasteiger partial charge in [-0.1, -0.05) is 0 Å². The maximum atomic E-state index is 12.3. The molecule has 8 heteroatoms. The van der Waals surface area contributed by atoms with Crippen LogP contribution < -0.4 is 10.6 Å². The largest absolute Gasteiger partial charge is 0.481 e. The number of urea groups is 1. The third-order valence-electron chi connectivity index (χ3n) is 4.02. The van der Waals surface area contributed by atoms with Gasteiger partial charge < -0.3 is 25.4 Å². The number of rotatable bonds is 3. The smallest absolute Gasteiger partial charge is 0.318 e. The standard InChI is InChI=1S/C13H21N3O5/c1-14-11(17)10-4-2-3-5-16(10)13(20)15-9-7-21-6-8(9)12(18)19/h8-10H,2-7H2,1H3,(H,14,17)(H,15,20)(H,18,19). The Morgan fingerprint density at radius 2 is 2.00 bits per heavy atom. The molecule has 21 heavy (non-hydrogen) atoms. The summed E-state index contributed by atoms with van der Waals surface area (Å²) in [5.74, 6) is -1.92. The Kier molecular flexibility index (Phi) is 5.00. The van der Waals surface area contributed by atoms with E-state index in [2.05, 4.69) is 10.6 Å². The third kappa shape index (κ3) is 3.44. The van der Waals surface area contributed by atoms with Crippen LogP contribution in [0.15, 0.2) is 0 Å². The van der Waals surface area contributed by atoms with E-state index < -0.39 is 30.0 Å². The lowest BCUT2D eigenvalue weighted by Gasteiger charge is -2.35. The van der Waals surface area contributed by atoms with Gasteiger partial charge in [-0.3, -0.25) is 9.59 Å². The number of likely N-dealkylation sites (tertiary alicyclic amines) is 1. The molecule has 2 aliphatic rings. The number of carbonyl (C=O) groups excluding carboxylic acids is 2. The maximum absolute atomic E-state index is 12.3. The SMILES string of the molecule is CNC(=O)C1CCCCN1C(=O)NC1COCC1C(=O)O. The van der Waals surface area contributed by atoms with E-state index in [0.29, 0.717) is 13.0 Å². The number of carbonyl (C=O) groups is 3. The summed E-state index contributed by atoms with van der Waals surface area (Å²) in [6.45, 7) is 0.773. The van der Waals surface area contributed by atoms with Crippen molar-refractivity contribution in [3.05, 3.63) is 0 Å². The highest BCUT2D eigenvalue weighted by molar-refractivity contribution is 5.87. The fraction of sp³-hybridized carbons (Fsp3) is 0.769. The van der Waals surface area contributed by atoms with Crippen LogP contribution in [0.5, 0.6) is 0 Å². The number of nitrogens with one attached hydrogen (secondary N) is 2. The van der Waals surface area contributed by atoms with Crippen LogP contribution in [-0.4, -0.2) is 66.8 Å². The molecular formula is C13H21N3O5. The Bertz CT molecular complexity index is 428. The van der Waals surface area contributed by atoms with Crippen LogP contribution in [0.2, 0.25) is 0 Å². The Labute approximate surface area is 122 Å². The van der Waals surface area contributed by atoms with Gasteiger partial charge in [-0.05, 0) is 19.3 Å². The number of carboxylic acids is 1. The molecule has 3 N–H and O–H groups in total. The Morgan fingerprint density at radius 3 is 2.67 bits per heavy atom. The molecule has 2 aliphatic heterocycles. The minimum atomic E-state index is -0.987. The van der Waals surface area contributed by atoms with E-state index in [4.69, 9.17) is 9.84 Å². The summed E-state index contributed by atoms with van der Waals surface area (Å²) in [7, 11) is 1.54. The fourth-order valence-corrected chi connectivity index (χ4v) is 2.80. The van der Waals surface area contributed by atoms with Gasteiger partial charge in [-0.15, -0.1) is 0 Å². The molecule has 3 amide bonds. The molecule has 0 aliphatic carbocycles. The quantitative estimate of drug-likeness (QED) is 0.644. The van der Waals surface area contributed by atoms with Gasteiger partial charge in [0.05, 0.1) is 19.3 Å². The zero-order valence-corrected chi connectivity index (χ0v) is 12.0. The summed E-state index contributed by atoms with van der Waals surface area (Å²) >= 11 is 0. The Balaban J connectivity index is 2.00. The molecule has 0 aromatic rings. The molecule has 0 aromatic heterocycles. The molecule has 0 bridgehead atoms. The minimum absolute atomic E-state index is 0.0964. The summed E-state index contributed by atoms with van der Waals surface area (Å²) in [4.78, 5) is 36.7. The summed E-state index contributed by atoms with van der Waals surface area (Å²) in [5, 5.41) is 14.3. The van der Waals surface area contributed by atoms with Crippen LogP contribution in [-0.2, 0) is 14.3 Å². The number of likely N-dealkylation sites (N-methyl/N-ethyl adjacent to an activating group) is 1. The second kappa shape index (κ2) is 6.75. The zero-order valence-electron chi connectivity index (χ0n) is 12.0. The Morgan fingerprint density at radius 1 is 1.24 bits per heavy atom. The fourth-order valence-electron chi connectivity index (χ4n) is 2.80. The minimum Gasteiger partial charge on any atom is -0.481 e. The van der Waals surface area contributed by atoms with Gasteiger partial charge in [0.15, 0.2) is 0 Å². The molecule has 3 atom stereocenters. The lowest BCUT2D eigenvalue weighted by Crippen LogP contribution is -2.57. The first-order valence-corrected chi connectivity index (χ1v) is 7.14. The van der Waals surface area contributed by atoms with E-state index >= 15 is 0 Å². The number of piperidine rings is 1. The summed E-state index contributed by atoms with van der Waals surface area (Å²) in [6, 6.07) is -1.44. The first-order valence-electron chi connectivity index (χ1n) is 7.14. The molecule has 3 unspecified atom stereocenters. The van der Waals surface area contributed by atoms with Gasteiger partial charge >= 0.3 is 12.0 Å². The summed E-state index contributed by atoms with van der Waals surface area (Å²) in [6.07, 6.45) is 2.35. The highest BCUT2D eigenvalue weighted by Gasteiger charge is 2.38. The second-order valence-corrected chi connectivity index (χ2v) is 5.36. The number of nitrogens with zero attached hydrogens (tertiary/aromatic N) is 1. The molecule has 118 valence electrons. The monoisotopic (exact) mass is 299 g/mol. The van der Waals surface area contributed by atoms with Crippen molar-refractivity contribution in [1.82, 2.24) is 15.5 Å². The maximum Gasteiger partial charge on any atom is 0.318 e. The van der Waals surface area contributed by atoms with Gasteiger partial charge in [0.2, 0.25) is 5.91 Å². The molecule has 2 rings (SSSR count). The highest BCUT2D eigenvalue weighted by atomic mass is 16.5. The van der Waals surface area contributed by atoms with E-state index in [0.717, 1.165) is 12.8 Å². The van der Waals surface area contributed by atoms with Crippen molar-refractivity contribution in [2.24, 2.45) is 5.92 Å². The van der Waals surface area contributed by atoms with E-state index in [1.807, 2.05) is 0 Å². The van der Waals surface area contributed by atoms with Crippen LogP contribution in [0.25, 0.3) is 0 Å². The molecule has 0 radical (unpaired) electrons. The van der Waals surface area contributed by atoms with Crippen LogP contribution in [0, 0.1) is 5.92 Å². The lowest BCUT2D eigenvalue weighted by molar-refractivity contribution is -0.142. The number of hydrogen-bond acceptors (Lipinski definition) is 4. The number of aliphatic carboxylic acids is 1. The van der Waals surface area contributed by atoms with E-state index in [-0.39, 0.29) is 19.1 Å². The van der Waals surface area contributed by atoms with Gasteiger partial charge in [0.1, 0.15) is 12.0 Å². The molecule has 2 heterocycles. The van der Waals surface area contributed by atoms with Crippen molar-refractivity contribution in [3.8, 4) is 0 Å². The van der Waals surface area contributed by atoms with Crippen molar-refractivity contribution in [2.45, 2.75) is 31.3 Å². The van der Waals surface area contributed by atoms with Crippen molar-refractivity contribution < 1.29 is 24.2 Å². The van der Waals surface area contributed by atoms with Crippen LogP contribution in [0.3, 0.4) is 0 Å². The summed E-state index contributed by atoms with van der Waals surface area (Å²) in [5.41, 5.74) is 0. The number of amides is 3. The van der Waals surface area contributed by atoms with Gasteiger partial charge in [-0.2, -0.15) is 0 Å². The van der Waals surface area contributed by atoms with Crippen LogP contribution in [0.4, 0.5) is 4.79 Å². The lowest BCUT2D eigenvalue weighted by atomic mass is 10.0. The highest BCUT2D eigenvalue weighted by Crippen LogP contribution is 2.19. The third-order valence-corrected chi connectivity index (χ3v) is 4.02. The average molecular weight is 299 g/mol. The number of hydrogen-bond donors (Lipinski definition) is 3. The molecule has 0 aromatic carbocycles. The van der Waals surface area contributed by atoms with Crippen molar-refractivity contribution >= 4 is 17.9 Å². The van der Waals surface area contributed by atoms with Gasteiger partial charge in [0.25, 0.3) is 0 Å². The van der Waals surface area contributed by atoms with Crippen molar-refractivity contribution in [2.75, 3.05) is 26.8 Å². The van der Waals surface area contributed by atoms with Crippen molar-refractivity contribution in [1.29, 1.82) is 0 Å². The number of carboxylic acid groups (broad SMARTS) is 1. The van der Waals surface area contributed by atoms with Gasteiger partial charge in [-0.25, -0.2) is 4.79 Å². The molecular weight excluding hydrogens is 278 g/mol. The normalized spacial score (nSPS) is 29.0. The average Bonchev–Trinajstić information content (AvgIpc) is 2.94. The van der Waals surface area contributed by atoms with Gasteiger partial charge in [0, 0.05) is 13.6 Å². The zero-order chi connectivity index (χ0) is 15.4. The molecule has 2 saturated heterocycles. The molecule has 2 fully saturated rings. The van der Waals surface area contributed by atoms with E-state index in [9.17, 15) is 14.4 Å². The summed E-state index contributed by atoms with van der Waals surface area (Å²) < 4.78 is 5.12. The van der Waals surface area contributed by atoms with E-state index in [1.54, 1.807) is 0 Å². The molecule has 0 saturated carbocycles. The van der Waals surface area contributed by atoms with Crippen molar-refractivity contribution in [3.63, 3.8) is 0 Å². The van der Waals surface area contributed by atoms with E-state index in [1.165, 1.54) is 11.9 Å².